The Kier molecular flexibility index (Phi) is 8.92. The Bertz CT molecular complexity index is 1290. The average molecular weight is 498 g/mol. The summed E-state index contributed by atoms with van der Waals surface area (Å²) >= 11 is 0. The minimum atomic E-state index is -0.242. The quantitative estimate of drug-likeness (QED) is 0.323. The van der Waals surface area contributed by atoms with Gasteiger partial charge < -0.3 is 20.8 Å². The summed E-state index contributed by atoms with van der Waals surface area (Å²) < 4.78 is 5.37. The molecule has 0 saturated carbocycles. The second-order valence-corrected chi connectivity index (χ2v) is 8.82. The van der Waals surface area contributed by atoms with Crippen molar-refractivity contribution in [1.82, 2.24) is 19.9 Å². The smallest absolute Gasteiger partial charge is 0.255 e. The lowest BCUT2D eigenvalue weighted by molar-refractivity contribution is 0.0398. The van der Waals surface area contributed by atoms with Gasteiger partial charge in [0.25, 0.3) is 5.91 Å². The lowest BCUT2D eigenvalue weighted by atomic mass is 10.00. The number of amides is 1. The Hall–Kier alpha value is -4.13. The summed E-state index contributed by atoms with van der Waals surface area (Å²) in [5.41, 5.74) is 4.14. The van der Waals surface area contributed by atoms with E-state index in [9.17, 15) is 4.79 Å². The second-order valence-electron chi connectivity index (χ2n) is 8.82. The van der Waals surface area contributed by atoms with E-state index in [4.69, 9.17) is 10.1 Å². The Morgan fingerprint density at radius 2 is 1.95 bits per heavy atom. The number of pyridine rings is 1. The molecule has 3 N–H and O–H groups in total. The molecule has 1 aliphatic heterocycles. The van der Waals surface area contributed by atoms with Crippen molar-refractivity contribution in [2.45, 2.75) is 19.8 Å². The van der Waals surface area contributed by atoms with E-state index in [1.54, 1.807) is 36.8 Å². The van der Waals surface area contributed by atoms with Gasteiger partial charge in [0.15, 0.2) is 0 Å². The van der Waals surface area contributed by atoms with Gasteiger partial charge in [-0.15, -0.1) is 0 Å². The molecule has 1 amide bonds. The fraction of sp³-hybridized carbons (Fsp3) is 0.321. The first-order valence-corrected chi connectivity index (χ1v) is 12.3. The van der Waals surface area contributed by atoms with Gasteiger partial charge in [-0.25, -0.2) is 9.97 Å². The molecule has 190 valence electrons. The van der Waals surface area contributed by atoms with Crippen LogP contribution in [0.2, 0.25) is 0 Å². The first-order chi connectivity index (χ1) is 18.0. The van der Waals surface area contributed by atoms with Gasteiger partial charge in [0.2, 0.25) is 5.95 Å². The van der Waals surface area contributed by atoms with Gasteiger partial charge in [0, 0.05) is 61.8 Å². The molecule has 0 radical (unpaired) electrons. The maximum atomic E-state index is 12.8. The van der Waals surface area contributed by atoms with Gasteiger partial charge >= 0.3 is 0 Å². The van der Waals surface area contributed by atoms with E-state index in [-0.39, 0.29) is 11.8 Å². The minimum absolute atomic E-state index is 0.0559. The first-order valence-electron chi connectivity index (χ1n) is 12.3. The molecule has 9 nitrogen and oxygen atoms in total. The van der Waals surface area contributed by atoms with E-state index >= 15 is 0 Å². The molecule has 1 aliphatic rings. The minimum Gasteiger partial charge on any atom is -0.379 e. The van der Waals surface area contributed by atoms with Crippen molar-refractivity contribution in [3.8, 4) is 11.8 Å². The number of morpholine rings is 1. The van der Waals surface area contributed by atoms with Gasteiger partial charge in [0.05, 0.1) is 36.4 Å². The van der Waals surface area contributed by atoms with Crippen LogP contribution < -0.4 is 10.6 Å². The largest absolute Gasteiger partial charge is 0.379 e. The van der Waals surface area contributed by atoms with Crippen LogP contribution in [0.1, 0.15) is 45.6 Å². The van der Waals surface area contributed by atoms with Gasteiger partial charge in [-0.2, -0.15) is 0 Å². The summed E-state index contributed by atoms with van der Waals surface area (Å²) in [6.45, 7) is 8.95. The van der Waals surface area contributed by atoms with E-state index in [2.05, 4.69) is 42.3 Å². The Labute approximate surface area is 217 Å². The standard InChI is InChI=1S/C28H31N7O2/c1-20(16-29)23-4-3-5-25(14-23)27(36)34-26-15-24(21(2)31-19-26)7-6-22-17-32-28(33-18-22)30-8-9-35-10-12-37-13-11-35/h3-5,14-20,29H,8-13H2,1-2H3,(H,34,36)(H,30,32,33). The van der Waals surface area contributed by atoms with Crippen molar-refractivity contribution < 1.29 is 9.53 Å². The number of ether oxygens (including phenoxy) is 1. The molecule has 4 rings (SSSR count). The normalized spacial score (nSPS) is 14.2. The lowest BCUT2D eigenvalue weighted by Crippen LogP contribution is -2.39. The van der Waals surface area contributed by atoms with Crippen molar-refractivity contribution >= 4 is 23.8 Å². The molecule has 37 heavy (non-hydrogen) atoms. The number of hydrogen-bond acceptors (Lipinski definition) is 8. The fourth-order valence-electron chi connectivity index (χ4n) is 3.76. The molecule has 1 atom stereocenters. The summed E-state index contributed by atoms with van der Waals surface area (Å²) in [5.74, 6) is 6.46. The van der Waals surface area contributed by atoms with Crippen LogP contribution in [0.5, 0.6) is 0 Å². The number of rotatable bonds is 8. The molecular weight excluding hydrogens is 466 g/mol. The highest BCUT2D eigenvalue weighted by Gasteiger charge is 2.11. The second kappa shape index (κ2) is 12.7. The topological polar surface area (TPSA) is 116 Å². The number of aryl methyl sites for hydroxylation is 1. The summed E-state index contributed by atoms with van der Waals surface area (Å²) in [4.78, 5) is 28.2. The van der Waals surface area contributed by atoms with E-state index in [1.807, 2.05) is 26.0 Å². The Morgan fingerprint density at radius 3 is 2.70 bits per heavy atom. The molecule has 9 heteroatoms. The number of anilines is 2. The molecule has 1 saturated heterocycles. The van der Waals surface area contributed by atoms with Crippen LogP contribution in [0, 0.1) is 24.2 Å². The molecule has 0 bridgehead atoms. The van der Waals surface area contributed by atoms with Crippen LogP contribution in [-0.2, 0) is 4.74 Å². The molecular formula is C28H31N7O2. The maximum Gasteiger partial charge on any atom is 0.255 e. The fourth-order valence-corrected chi connectivity index (χ4v) is 3.76. The van der Waals surface area contributed by atoms with Gasteiger partial charge in [-0.1, -0.05) is 30.9 Å². The van der Waals surface area contributed by atoms with Crippen molar-refractivity contribution in [2.24, 2.45) is 0 Å². The van der Waals surface area contributed by atoms with Gasteiger partial charge in [-0.05, 0) is 30.7 Å². The van der Waals surface area contributed by atoms with E-state index in [0.29, 0.717) is 28.3 Å². The summed E-state index contributed by atoms with van der Waals surface area (Å²) in [6, 6.07) is 9.08. The predicted molar refractivity (Wildman–Crippen MR) is 144 cm³/mol. The summed E-state index contributed by atoms with van der Waals surface area (Å²) in [6.07, 6.45) is 6.35. The van der Waals surface area contributed by atoms with Crippen LogP contribution in [0.4, 0.5) is 11.6 Å². The Balaban J connectivity index is 1.37. The number of nitrogens with one attached hydrogen (secondary N) is 3. The zero-order valence-electron chi connectivity index (χ0n) is 21.1. The summed E-state index contributed by atoms with van der Waals surface area (Å²) in [5, 5.41) is 13.6. The highest BCUT2D eigenvalue weighted by molar-refractivity contribution is 6.04. The third kappa shape index (κ3) is 7.43. The Morgan fingerprint density at radius 1 is 1.16 bits per heavy atom. The van der Waals surface area contributed by atoms with Crippen molar-refractivity contribution in [2.75, 3.05) is 50.0 Å². The third-order valence-corrected chi connectivity index (χ3v) is 6.08. The predicted octanol–water partition coefficient (Wildman–Crippen LogP) is 3.33. The number of nitrogens with zero attached hydrogens (tertiary/aromatic N) is 4. The zero-order chi connectivity index (χ0) is 26.0. The molecule has 0 spiro atoms. The zero-order valence-corrected chi connectivity index (χ0v) is 21.1. The lowest BCUT2D eigenvalue weighted by Gasteiger charge is -2.26. The van der Waals surface area contributed by atoms with Crippen LogP contribution in [0.25, 0.3) is 0 Å². The van der Waals surface area contributed by atoms with E-state index < -0.39 is 0 Å². The van der Waals surface area contributed by atoms with Crippen molar-refractivity contribution in [1.29, 1.82) is 5.41 Å². The number of aromatic nitrogens is 3. The van der Waals surface area contributed by atoms with Gasteiger partial charge in [-0.3, -0.25) is 14.7 Å². The first kappa shape index (κ1) is 25.9. The molecule has 1 fully saturated rings. The number of carbonyl (C=O) groups excluding carboxylic acids is 1. The number of benzene rings is 1. The molecule has 3 aromatic rings. The van der Waals surface area contributed by atoms with Crippen LogP contribution in [0.15, 0.2) is 48.9 Å². The van der Waals surface area contributed by atoms with Crippen LogP contribution >= 0.6 is 0 Å². The highest BCUT2D eigenvalue weighted by Crippen LogP contribution is 2.17. The molecule has 3 heterocycles. The molecule has 2 aromatic heterocycles. The van der Waals surface area contributed by atoms with E-state index in [0.717, 1.165) is 50.7 Å². The molecule has 1 unspecified atom stereocenters. The average Bonchev–Trinajstić information content (AvgIpc) is 2.94. The molecule has 1 aromatic carbocycles. The number of hydrogen-bond donors (Lipinski definition) is 3. The summed E-state index contributed by atoms with van der Waals surface area (Å²) in [7, 11) is 0. The highest BCUT2D eigenvalue weighted by atomic mass is 16.5. The molecule has 0 aliphatic carbocycles. The van der Waals surface area contributed by atoms with E-state index in [1.165, 1.54) is 6.21 Å². The van der Waals surface area contributed by atoms with Crippen molar-refractivity contribution in [3.63, 3.8) is 0 Å². The van der Waals surface area contributed by atoms with Crippen LogP contribution in [-0.4, -0.2) is 71.4 Å². The SMILES string of the molecule is Cc1ncc(NC(=O)c2cccc(C(C)C=N)c2)cc1C#Cc1cnc(NCCN2CCOCC2)nc1. The monoisotopic (exact) mass is 497 g/mol. The van der Waals surface area contributed by atoms with Gasteiger partial charge in [0.1, 0.15) is 0 Å². The number of carbonyl (C=O) groups is 1. The third-order valence-electron chi connectivity index (χ3n) is 6.08. The maximum absolute atomic E-state index is 12.8. The van der Waals surface area contributed by atoms with Crippen molar-refractivity contribution in [3.05, 3.63) is 76.9 Å². The van der Waals surface area contributed by atoms with Crippen LogP contribution in [0.3, 0.4) is 0 Å².